The third kappa shape index (κ3) is 4.28. The number of carbonyl (C=O) groups excluding carboxylic acids is 2. The highest BCUT2D eigenvalue weighted by Gasteiger charge is 2.47. The van der Waals surface area contributed by atoms with Gasteiger partial charge in [0.2, 0.25) is 0 Å². The van der Waals surface area contributed by atoms with Crippen LogP contribution in [0.2, 0.25) is 0 Å². The summed E-state index contributed by atoms with van der Waals surface area (Å²) in [6.07, 6.45) is -5.33. The Kier molecular flexibility index (Phi) is 4.98. The van der Waals surface area contributed by atoms with Gasteiger partial charge in [0.1, 0.15) is 6.54 Å². The van der Waals surface area contributed by atoms with Crippen LogP contribution in [0.15, 0.2) is 0 Å². The summed E-state index contributed by atoms with van der Waals surface area (Å²) in [5.74, 6) is -9.41. The molecular weight excluding hydrogens is 319 g/mol. The zero-order chi connectivity index (χ0) is 17.3. The van der Waals surface area contributed by atoms with Crippen molar-refractivity contribution in [2.45, 2.75) is 31.5 Å². The smallest absolute Gasteiger partial charge is 0.471 e. The van der Waals surface area contributed by atoms with Gasteiger partial charge in [-0.05, 0) is 6.42 Å². The molecular formula is C11H13F5N2O4. The summed E-state index contributed by atoms with van der Waals surface area (Å²) in [6, 6.07) is -1.21. The third-order valence-electron chi connectivity index (χ3n) is 3.08. The summed E-state index contributed by atoms with van der Waals surface area (Å²) in [5.41, 5.74) is 0. The third-order valence-corrected chi connectivity index (χ3v) is 3.08. The maximum absolute atomic E-state index is 13.1. The van der Waals surface area contributed by atoms with Gasteiger partial charge in [0.15, 0.2) is 0 Å². The monoisotopic (exact) mass is 332 g/mol. The lowest BCUT2D eigenvalue weighted by atomic mass is 10.2. The second-order valence-electron chi connectivity index (χ2n) is 4.91. The Morgan fingerprint density at radius 1 is 1.23 bits per heavy atom. The maximum atomic E-state index is 13.1. The Morgan fingerprint density at radius 3 is 2.18 bits per heavy atom. The van der Waals surface area contributed by atoms with Crippen LogP contribution in [0.25, 0.3) is 0 Å². The molecule has 0 unspecified atom stereocenters. The lowest BCUT2D eigenvalue weighted by molar-refractivity contribution is -0.184. The lowest BCUT2D eigenvalue weighted by Gasteiger charge is -2.29. The standard InChI is InChI=1S/C11H13F5N2O4/c1-10(12,13)8(21)18(5-7(19)20)6-2-3-17(4-6)9(22)11(14,15)16/h6H,2-5H2,1H3,(H,19,20)/t6-/m1/s1. The molecule has 0 aromatic heterocycles. The Bertz CT molecular complexity index is 474. The van der Waals surface area contributed by atoms with Crippen LogP contribution in [0.1, 0.15) is 13.3 Å². The zero-order valence-electron chi connectivity index (χ0n) is 11.4. The van der Waals surface area contributed by atoms with Crippen LogP contribution in [0.5, 0.6) is 0 Å². The number of likely N-dealkylation sites (tertiary alicyclic amines) is 1. The molecule has 1 N–H and O–H groups in total. The van der Waals surface area contributed by atoms with Crippen LogP contribution < -0.4 is 0 Å². The number of hydrogen-bond donors (Lipinski definition) is 1. The SMILES string of the molecule is CC(F)(F)C(=O)N(CC(=O)O)[C@@H]1CCN(C(=O)C(F)(F)F)C1. The Hall–Kier alpha value is -1.94. The van der Waals surface area contributed by atoms with E-state index < -0.39 is 55.6 Å². The summed E-state index contributed by atoms with van der Waals surface area (Å²) in [5, 5.41) is 8.66. The number of alkyl halides is 5. The van der Waals surface area contributed by atoms with E-state index >= 15 is 0 Å². The molecule has 0 spiro atoms. The van der Waals surface area contributed by atoms with Gasteiger partial charge in [0.25, 0.3) is 5.91 Å². The molecule has 2 amide bonds. The van der Waals surface area contributed by atoms with E-state index in [0.29, 0.717) is 9.80 Å². The summed E-state index contributed by atoms with van der Waals surface area (Å²) >= 11 is 0. The molecule has 1 aliphatic heterocycles. The molecule has 1 atom stereocenters. The van der Waals surface area contributed by atoms with E-state index in [1.807, 2.05) is 0 Å². The fourth-order valence-corrected chi connectivity index (χ4v) is 2.12. The molecule has 1 heterocycles. The van der Waals surface area contributed by atoms with E-state index in [2.05, 4.69) is 0 Å². The second-order valence-corrected chi connectivity index (χ2v) is 4.91. The molecule has 22 heavy (non-hydrogen) atoms. The first-order valence-electron chi connectivity index (χ1n) is 6.11. The molecule has 11 heteroatoms. The van der Waals surface area contributed by atoms with Crippen molar-refractivity contribution in [3.05, 3.63) is 0 Å². The minimum atomic E-state index is -5.12. The van der Waals surface area contributed by atoms with E-state index in [9.17, 15) is 36.3 Å². The first-order valence-corrected chi connectivity index (χ1v) is 6.11. The van der Waals surface area contributed by atoms with E-state index in [1.54, 1.807) is 0 Å². The topological polar surface area (TPSA) is 77.9 Å². The van der Waals surface area contributed by atoms with Crippen LogP contribution in [-0.4, -0.2) is 70.5 Å². The number of amides is 2. The van der Waals surface area contributed by atoms with Gasteiger partial charge >= 0.3 is 24.0 Å². The number of carboxylic acid groups (broad SMARTS) is 1. The van der Waals surface area contributed by atoms with Crippen LogP contribution in [0.4, 0.5) is 22.0 Å². The largest absolute Gasteiger partial charge is 0.480 e. The molecule has 0 aromatic rings. The molecule has 0 aromatic carbocycles. The van der Waals surface area contributed by atoms with E-state index in [1.165, 1.54) is 0 Å². The average Bonchev–Trinajstić information content (AvgIpc) is 2.80. The van der Waals surface area contributed by atoms with Gasteiger partial charge in [-0.3, -0.25) is 14.4 Å². The minimum absolute atomic E-state index is 0.211. The average molecular weight is 332 g/mol. The Balaban J connectivity index is 2.88. The van der Waals surface area contributed by atoms with Crippen molar-refractivity contribution in [1.82, 2.24) is 9.80 Å². The summed E-state index contributed by atoms with van der Waals surface area (Å²) in [4.78, 5) is 33.9. The minimum Gasteiger partial charge on any atom is -0.480 e. The van der Waals surface area contributed by atoms with Gasteiger partial charge < -0.3 is 14.9 Å². The number of aliphatic carboxylic acids is 1. The van der Waals surface area contributed by atoms with Crippen molar-refractivity contribution in [3.63, 3.8) is 0 Å². The molecule has 6 nitrogen and oxygen atoms in total. The number of carboxylic acids is 1. The van der Waals surface area contributed by atoms with E-state index in [0.717, 1.165) is 0 Å². The lowest BCUT2D eigenvalue weighted by Crippen LogP contribution is -2.51. The highest BCUT2D eigenvalue weighted by molar-refractivity contribution is 5.87. The number of halogens is 5. The summed E-state index contributed by atoms with van der Waals surface area (Å²) in [7, 11) is 0. The van der Waals surface area contributed by atoms with E-state index in [4.69, 9.17) is 5.11 Å². The van der Waals surface area contributed by atoms with Crippen LogP contribution in [0, 0.1) is 0 Å². The molecule has 1 rings (SSSR count). The predicted octanol–water partition coefficient (Wildman–Crippen LogP) is 0.718. The van der Waals surface area contributed by atoms with Crippen molar-refractivity contribution in [3.8, 4) is 0 Å². The molecule has 0 bridgehead atoms. The van der Waals surface area contributed by atoms with Gasteiger partial charge in [-0.2, -0.15) is 22.0 Å². The van der Waals surface area contributed by atoms with Gasteiger partial charge in [-0.25, -0.2) is 0 Å². The van der Waals surface area contributed by atoms with Gasteiger partial charge in [0.05, 0.1) is 6.04 Å². The molecule has 0 radical (unpaired) electrons. The molecule has 126 valence electrons. The number of carbonyl (C=O) groups is 3. The number of nitrogens with zero attached hydrogens (tertiary/aromatic N) is 2. The Labute approximate surface area is 121 Å². The molecule has 0 aliphatic carbocycles. The van der Waals surface area contributed by atoms with Gasteiger partial charge in [-0.1, -0.05) is 0 Å². The highest BCUT2D eigenvalue weighted by atomic mass is 19.4. The fourth-order valence-electron chi connectivity index (χ4n) is 2.12. The maximum Gasteiger partial charge on any atom is 0.471 e. The first kappa shape index (κ1) is 18.1. The van der Waals surface area contributed by atoms with Gasteiger partial charge in [0, 0.05) is 20.0 Å². The van der Waals surface area contributed by atoms with E-state index in [-0.39, 0.29) is 13.3 Å². The van der Waals surface area contributed by atoms with Crippen molar-refractivity contribution < 1.29 is 41.4 Å². The molecule has 1 fully saturated rings. The molecule has 0 saturated carbocycles. The predicted molar refractivity (Wildman–Crippen MR) is 61.0 cm³/mol. The number of hydrogen-bond acceptors (Lipinski definition) is 3. The molecule has 1 aliphatic rings. The van der Waals surface area contributed by atoms with Crippen molar-refractivity contribution in [2.75, 3.05) is 19.6 Å². The van der Waals surface area contributed by atoms with Crippen LogP contribution >= 0.6 is 0 Å². The van der Waals surface area contributed by atoms with Gasteiger partial charge in [-0.15, -0.1) is 0 Å². The van der Waals surface area contributed by atoms with Crippen LogP contribution in [0.3, 0.4) is 0 Å². The normalized spacial score (nSPS) is 19.2. The summed E-state index contributed by atoms with van der Waals surface area (Å²) < 4.78 is 63.0. The van der Waals surface area contributed by atoms with Crippen molar-refractivity contribution in [1.29, 1.82) is 0 Å². The van der Waals surface area contributed by atoms with Crippen molar-refractivity contribution in [2.24, 2.45) is 0 Å². The second kappa shape index (κ2) is 6.05. The quantitative estimate of drug-likeness (QED) is 0.770. The fraction of sp³-hybridized carbons (Fsp3) is 0.727. The van der Waals surface area contributed by atoms with Crippen LogP contribution in [-0.2, 0) is 14.4 Å². The molecule has 1 saturated heterocycles. The zero-order valence-corrected chi connectivity index (χ0v) is 11.4. The highest BCUT2D eigenvalue weighted by Crippen LogP contribution is 2.26. The summed E-state index contributed by atoms with van der Waals surface area (Å²) in [6.45, 7) is -1.87. The van der Waals surface area contributed by atoms with Crippen molar-refractivity contribution >= 4 is 17.8 Å². The Morgan fingerprint density at radius 2 is 1.77 bits per heavy atom. The first-order chi connectivity index (χ1) is 9.84. The number of rotatable bonds is 4.